The number of hydrogen-bond acceptors (Lipinski definition) is 4. The normalized spacial score (nSPS) is 10.1. The Bertz CT molecular complexity index is 558. The third-order valence-electron chi connectivity index (χ3n) is 2.33. The summed E-state index contributed by atoms with van der Waals surface area (Å²) < 4.78 is 9.85. The molecule has 0 atom stereocenters. The summed E-state index contributed by atoms with van der Waals surface area (Å²) in [5, 5.41) is 13.8. The Morgan fingerprint density at radius 1 is 1.16 bits per heavy atom. The molecule has 0 spiro atoms. The van der Waals surface area contributed by atoms with E-state index < -0.39 is 5.97 Å². The molecule has 7 nitrogen and oxygen atoms in total. The number of hydrogen-bond donors (Lipinski definition) is 3. The molecule has 2 aromatic rings. The zero-order valence-electron chi connectivity index (χ0n) is 9.88. The fourth-order valence-electron chi connectivity index (χ4n) is 1.39. The first-order valence-corrected chi connectivity index (χ1v) is 5.50. The lowest BCUT2D eigenvalue weighted by Gasteiger charge is -2.04. The monoisotopic (exact) mass is 264 g/mol. The number of urea groups is 1. The summed E-state index contributed by atoms with van der Waals surface area (Å²) in [5.74, 6) is -0.929. The van der Waals surface area contributed by atoms with Gasteiger partial charge in [0.2, 0.25) is 5.76 Å². The lowest BCUT2D eigenvalue weighted by Crippen LogP contribution is -2.34. The predicted octanol–water partition coefficient (Wildman–Crippen LogP) is 1.57. The van der Waals surface area contributed by atoms with E-state index in [0.717, 1.165) is 5.56 Å². The molecule has 0 aliphatic rings. The van der Waals surface area contributed by atoms with Crippen LogP contribution in [0.5, 0.6) is 0 Å². The van der Waals surface area contributed by atoms with Gasteiger partial charge in [-0.3, -0.25) is 0 Å². The highest BCUT2D eigenvalue weighted by Gasteiger charge is 2.09. The molecule has 0 aliphatic carbocycles. The number of amides is 2. The minimum atomic E-state index is -1.14. The van der Waals surface area contributed by atoms with E-state index in [9.17, 15) is 9.59 Å². The van der Waals surface area contributed by atoms with Crippen LogP contribution in [0.3, 0.4) is 0 Å². The van der Waals surface area contributed by atoms with Crippen LogP contribution in [0.1, 0.15) is 21.9 Å². The molecule has 7 heteroatoms. The van der Waals surface area contributed by atoms with E-state index >= 15 is 0 Å². The molecule has 0 fully saturated rings. The van der Waals surface area contributed by atoms with Gasteiger partial charge >= 0.3 is 12.0 Å². The van der Waals surface area contributed by atoms with Crippen LogP contribution >= 0.6 is 0 Å². The summed E-state index contributed by atoms with van der Waals surface area (Å²) in [6.45, 7) is 0.464. The number of furan rings is 2. The average molecular weight is 264 g/mol. The van der Waals surface area contributed by atoms with Crippen LogP contribution < -0.4 is 10.6 Å². The Morgan fingerprint density at radius 3 is 2.58 bits per heavy atom. The Labute approximate surface area is 108 Å². The summed E-state index contributed by atoms with van der Waals surface area (Å²) in [5.41, 5.74) is 0.848. The van der Waals surface area contributed by atoms with Crippen LogP contribution in [0, 0.1) is 0 Å². The Kier molecular flexibility index (Phi) is 3.87. The Balaban J connectivity index is 1.75. The Morgan fingerprint density at radius 2 is 1.95 bits per heavy atom. The average Bonchev–Trinajstić information content (AvgIpc) is 3.05. The standard InChI is InChI=1S/C12H12N2O5/c15-11(16)10-2-1-9(19-10)6-14-12(17)13-5-8-3-4-18-7-8/h1-4,7H,5-6H2,(H,15,16)(H2,13,14,17). The molecule has 100 valence electrons. The first-order valence-electron chi connectivity index (χ1n) is 5.50. The maximum Gasteiger partial charge on any atom is 0.371 e. The van der Waals surface area contributed by atoms with Crippen molar-refractivity contribution in [3.8, 4) is 0 Å². The maximum atomic E-state index is 11.4. The van der Waals surface area contributed by atoms with E-state index in [1.807, 2.05) is 0 Å². The van der Waals surface area contributed by atoms with Gasteiger partial charge in [-0.1, -0.05) is 0 Å². The van der Waals surface area contributed by atoms with Crippen LogP contribution in [0.4, 0.5) is 4.79 Å². The molecule has 19 heavy (non-hydrogen) atoms. The highest BCUT2D eigenvalue weighted by atomic mass is 16.4. The van der Waals surface area contributed by atoms with E-state index in [1.165, 1.54) is 24.7 Å². The van der Waals surface area contributed by atoms with Gasteiger partial charge in [-0.25, -0.2) is 9.59 Å². The van der Waals surface area contributed by atoms with Crippen molar-refractivity contribution in [2.24, 2.45) is 0 Å². The maximum absolute atomic E-state index is 11.4. The molecular formula is C12H12N2O5. The van der Waals surface area contributed by atoms with E-state index in [4.69, 9.17) is 13.9 Å². The lowest BCUT2D eigenvalue weighted by molar-refractivity contribution is 0.0660. The summed E-state index contributed by atoms with van der Waals surface area (Å²) >= 11 is 0. The van der Waals surface area contributed by atoms with E-state index in [0.29, 0.717) is 12.3 Å². The van der Waals surface area contributed by atoms with Crippen LogP contribution in [-0.2, 0) is 13.1 Å². The lowest BCUT2D eigenvalue weighted by atomic mass is 10.3. The van der Waals surface area contributed by atoms with Crippen LogP contribution in [0.2, 0.25) is 0 Å². The van der Waals surface area contributed by atoms with Crippen molar-refractivity contribution in [1.82, 2.24) is 10.6 Å². The molecular weight excluding hydrogens is 252 g/mol. The van der Waals surface area contributed by atoms with Gasteiger partial charge in [0.15, 0.2) is 0 Å². The van der Waals surface area contributed by atoms with Gasteiger partial charge in [0.25, 0.3) is 0 Å². The minimum Gasteiger partial charge on any atom is -0.475 e. The van der Waals surface area contributed by atoms with Crippen LogP contribution in [-0.4, -0.2) is 17.1 Å². The highest BCUT2D eigenvalue weighted by Crippen LogP contribution is 2.07. The second-order valence-electron chi connectivity index (χ2n) is 3.74. The van der Waals surface area contributed by atoms with Crippen molar-refractivity contribution in [3.63, 3.8) is 0 Å². The number of nitrogens with one attached hydrogen (secondary N) is 2. The fraction of sp³-hybridized carbons (Fsp3) is 0.167. The number of carbonyl (C=O) groups excluding carboxylic acids is 1. The number of carbonyl (C=O) groups is 2. The molecule has 2 aromatic heterocycles. The van der Waals surface area contributed by atoms with Gasteiger partial charge in [0, 0.05) is 12.1 Å². The first kappa shape index (κ1) is 12.7. The van der Waals surface area contributed by atoms with Gasteiger partial charge in [-0.05, 0) is 18.2 Å². The third kappa shape index (κ3) is 3.63. The van der Waals surface area contributed by atoms with Crippen molar-refractivity contribution in [3.05, 3.63) is 47.8 Å². The number of rotatable bonds is 5. The molecule has 0 aliphatic heterocycles. The van der Waals surface area contributed by atoms with Crippen molar-refractivity contribution < 1.29 is 23.5 Å². The second-order valence-corrected chi connectivity index (χ2v) is 3.74. The zero-order valence-corrected chi connectivity index (χ0v) is 9.88. The van der Waals surface area contributed by atoms with E-state index in [-0.39, 0.29) is 18.3 Å². The molecule has 0 saturated carbocycles. The third-order valence-corrected chi connectivity index (χ3v) is 2.33. The summed E-state index contributed by atoms with van der Waals surface area (Å²) in [6, 6.07) is 4.20. The number of carboxylic acids is 1. The molecule has 2 rings (SSSR count). The number of carboxylic acid groups (broad SMARTS) is 1. The molecule has 0 aromatic carbocycles. The topological polar surface area (TPSA) is 105 Å². The summed E-state index contributed by atoms with van der Waals surface area (Å²) in [4.78, 5) is 22.0. The van der Waals surface area contributed by atoms with Crippen molar-refractivity contribution in [2.75, 3.05) is 0 Å². The number of aromatic carboxylic acids is 1. The van der Waals surface area contributed by atoms with Gasteiger partial charge < -0.3 is 24.6 Å². The SMILES string of the molecule is O=C(NCc1ccoc1)NCc1ccc(C(=O)O)o1. The van der Waals surface area contributed by atoms with E-state index in [1.54, 1.807) is 6.07 Å². The van der Waals surface area contributed by atoms with Crippen LogP contribution in [0.15, 0.2) is 39.6 Å². The molecule has 0 unspecified atom stereocenters. The molecule has 0 saturated heterocycles. The first-order chi connectivity index (χ1) is 9.15. The minimum absolute atomic E-state index is 0.116. The molecule has 0 bridgehead atoms. The van der Waals surface area contributed by atoms with Gasteiger partial charge in [-0.15, -0.1) is 0 Å². The Hall–Kier alpha value is -2.70. The van der Waals surface area contributed by atoms with Crippen LogP contribution in [0.25, 0.3) is 0 Å². The molecule has 0 radical (unpaired) electrons. The van der Waals surface area contributed by atoms with Gasteiger partial charge in [-0.2, -0.15) is 0 Å². The van der Waals surface area contributed by atoms with Crippen molar-refractivity contribution >= 4 is 12.0 Å². The van der Waals surface area contributed by atoms with Gasteiger partial charge in [0.1, 0.15) is 5.76 Å². The fourth-order valence-corrected chi connectivity index (χ4v) is 1.39. The van der Waals surface area contributed by atoms with Crippen molar-refractivity contribution in [1.29, 1.82) is 0 Å². The predicted molar refractivity (Wildman–Crippen MR) is 63.5 cm³/mol. The summed E-state index contributed by atoms with van der Waals surface area (Å²) in [6.07, 6.45) is 3.05. The quantitative estimate of drug-likeness (QED) is 0.760. The van der Waals surface area contributed by atoms with E-state index in [2.05, 4.69) is 10.6 Å². The largest absolute Gasteiger partial charge is 0.475 e. The molecule has 2 heterocycles. The zero-order chi connectivity index (χ0) is 13.7. The summed E-state index contributed by atoms with van der Waals surface area (Å²) in [7, 11) is 0. The van der Waals surface area contributed by atoms with Gasteiger partial charge in [0.05, 0.1) is 19.1 Å². The molecule has 2 amide bonds. The van der Waals surface area contributed by atoms with Crippen molar-refractivity contribution in [2.45, 2.75) is 13.1 Å². The highest BCUT2D eigenvalue weighted by molar-refractivity contribution is 5.84. The smallest absolute Gasteiger partial charge is 0.371 e. The second kappa shape index (κ2) is 5.76. The molecule has 3 N–H and O–H groups in total.